The molecule has 0 fully saturated rings. The summed E-state index contributed by atoms with van der Waals surface area (Å²) in [4.78, 5) is 4.47. The van der Waals surface area contributed by atoms with Gasteiger partial charge < -0.3 is 0 Å². The SMILES string of the molecule is CC(C)(C)c1cc(C(F)F)c2nc(C(C)(C)C)sc2c1. The van der Waals surface area contributed by atoms with Gasteiger partial charge >= 0.3 is 0 Å². The highest BCUT2D eigenvalue weighted by atomic mass is 32.1. The fourth-order valence-corrected chi connectivity index (χ4v) is 3.07. The summed E-state index contributed by atoms with van der Waals surface area (Å²) in [6.45, 7) is 12.3. The van der Waals surface area contributed by atoms with E-state index >= 15 is 0 Å². The Balaban J connectivity index is 2.75. The Morgan fingerprint density at radius 1 is 1.00 bits per heavy atom. The van der Waals surface area contributed by atoms with Crippen molar-refractivity contribution in [3.63, 3.8) is 0 Å². The molecule has 0 bridgehead atoms. The lowest BCUT2D eigenvalue weighted by atomic mass is 9.86. The Kier molecular flexibility index (Phi) is 3.66. The van der Waals surface area contributed by atoms with Gasteiger partial charge in [0.1, 0.15) is 0 Å². The lowest BCUT2D eigenvalue weighted by Gasteiger charge is -2.20. The quantitative estimate of drug-likeness (QED) is 0.645. The van der Waals surface area contributed by atoms with Crippen LogP contribution in [0.15, 0.2) is 12.1 Å². The molecule has 0 amide bonds. The molecule has 0 unspecified atom stereocenters. The minimum Gasteiger partial charge on any atom is -0.240 e. The first-order valence-corrected chi connectivity index (χ1v) is 7.55. The van der Waals surface area contributed by atoms with E-state index in [2.05, 4.69) is 25.8 Å². The van der Waals surface area contributed by atoms with Gasteiger partial charge in [0.25, 0.3) is 6.43 Å². The van der Waals surface area contributed by atoms with Crippen LogP contribution in [-0.4, -0.2) is 4.98 Å². The van der Waals surface area contributed by atoms with Crippen molar-refractivity contribution in [3.05, 3.63) is 28.3 Å². The Morgan fingerprint density at radius 2 is 1.60 bits per heavy atom. The molecule has 0 aliphatic rings. The first-order valence-electron chi connectivity index (χ1n) is 6.74. The minimum absolute atomic E-state index is 0.0548. The van der Waals surface area contributed by atoms with Crippen molar-refractivity contribution in [2.45, 2.75) is 58.8 Å². The van der Waals surface area contributed by atoms with E-state index in [0.717, 1.165) is 15.3 Å². The minimum atomic E-state index is -2.49. The van der Waals surface area contributed by atoms with Crippen LogP contribution in [0.3, 0.4) is 0 Å². The number of benzene rings is 1. The number of hydrogen-bond donors (Lipinski definition) is 0. The number of halogens is 2. The van der Waals surface area contributed by atoms with Gasteiger partial charge in [-0.25, -0.2) is 13.8 Å². The van der Waals surface area contributed by atoms with Gasteiger partial charge in [-0.3, -0.25) is 0 Å². The first-order chi connectivity index (χ1) is 9.00. The van der Waals surface area contributed by atoms with E-state index in [1.165, 1.54) is 11.3 Å². The molecule has 4 heteroatoms. The first kappa shape index (κ1) is 15.4. The van der Waals surface area contributed by atoms with Crippen LogP contribution < -0.4 is 0 Å². The molecule has 1 aromatic carbocycles. The molecule has 2 aromatic rings. The molecule has 0 N–H and O–H groups in total. The zero-order valence-corrected chi connectivity index (χ0v) is 13.7. The van der Waals surface area contributed by atoms with Crippen LogP contribution in [0.2, 0.25) is 0 Å². The van der Waals surface area contributed by atoms with Crippen molar-refractivity contribution in [2.24, 2.45) is 0 Å². The van der Waals surface area contributed by atoms with E-state index in [1.54, 1.807) is 6.07 Å². The molecular weight excluding hydrogens is 276 g/mol. The predicted molar refractivity (Wildman–Crippen MR) is 82.0 cm³/mol. The normalized spacial score (nSPS) is 13.4. The largest absolute Gasteiger partial charge is 0.265 e. The second-order valence-corrected chi connectivity index (χ2v) is 8.26. The third-order valence-corrected chi connectivity index (χ3v) is 4.70. The summed E-state index contributed by atoms with van der Waals surface area (Å²) in [5, 5.41) is 0.903. The summed E-state index contributed by atoms with van der Waals surface area (Å²) >= 11 is 1.52. The van der Waals surface area contributed by atoms with Crippen molar-refractivity contribution >= 4 is 21.6 Å². The number of thiazole rings is 1. The van der Waals surface area contributed by atoms with Crippen LogP contribution in [0.4, 0.5) is 8.78 Å². The van der Waals surface area contributed by atoms with Gasteiger partial charge in [-0.1, -0.05) is 41.5 Å². The molecule has 0 saturated carbocycles. The third-order valence-electron chi connectivity index (χ3n) is 3.27. The fourth-order valence-electron chi connectivity index (χ4n) is 1.98. The molecule has 0 radical (unpaired) electrons. The molecule has 2 rings (SSSR count). The van der Waals surface area contributed by atoms with E-state index in [4.69, 9.17) is 0 Å². The number of alkyl halides is 2. The van der Waals surface area contributed by atoms with Crippen LogP contribution in [0.25, 0.3) is 10.2 Å². The summed E-state index contributed by atoms with van der Waals surface area (Å²) in [6, 6.07) is 3.62. The van der Waals surface area contributed by atoms with Crippen LogP contribution in [0, 0.1) is 0 Å². The second kappa shape index (κ2) is 4.76. The maximum atomic E-state index is 13.3. The van der Waals surface area contributed by atoms with E-state index in [0.29, 0.717) is 5.52 Å². The molecule has 0 spiro atoms. The van der Waals surface area contributed by atoms with Crippen molar-refractivity contribution in [2.75, 3.05) is 0 Å². The molecule has 1 nitrogen and oxygen atoms in total. The maximum Gasteiger partial charge on any atom is 0.265 e. The summed E-state index contributed by atoms with van der Waals surface area (Å²) in [5.41, 5.74) is 1.18. The highest BCUT2D eigenvalue weighted by molar-refractivity contribution is 7.18. The standard InChI is InChI=1S/C16H21F2NS/c1-15(2,3)9-7-10(13(17)18)12-11(8-9)20-14(19-12)16(4,5)6/h7-8,13H,1-6H3. The van der Waals surface area contributed by atoms with Gasteiger partial charge in [-0.05, 0) is 23.1 Å². The molecule has 0 saturated heterocycles. The molecule has 0 atom stereocenters. The Hall–Kier alpha value is -1.03. The smallest absolute Gasteiger partial charge is 0.240 e. The van der Waals surface area contributed by atoms with Crippen molar-refractivity contribution in [3.8, 4) is 0 Å². The Morgan fingerprint density at radius 3 is 2.05 bits per heavy atom. The van der Waals surface area contributed by atoms with Crippen molar-refractivity contribution in [1.29, 1.82) is 0 Å². The lowest BCUT2D eigenvalue weighted by Crippen LogP contribution is -2.11. The van der Waals surface area contributed by atoms with E-state index in [9.17, 15) is 8.78 Å². The van der Waals surface area contributed by atoms with Gasteiger partial charge in [0.2, 0.25) is 0 Å². The average molecular weight is 297 g/mol. The lowest BCUT2D eigenvalue weighted by molar-refractivity contribution is 0.152. The highest BCUT2D eigenvalue weighted by Crippen LogP contribution is 2.38. The molecular formula is C16H21F2NS. The number of nitrogens with zero attached hydrogens (tertiary/aromatic N) is 1. The zero-order chi connectivity index (χ0) is 15.3. The summed E-state index contributed by atoms with van der Waals surface area (Å²) in [7, 11) is 0. The molecule has 110 valence electrons. The monoisotopic (exact) mass is 297 g/mol. The average Bonchev–Trinajstić information content (AvgIpc) is 2.68. The van der Waals surface area contributed by atoms with Crippen LogP contribution in [0.1, 0.15) is 64.1 Å². The van der Waals surface area contributed by atoms with Crippen molar-refractivity contribution < 1.29 is 8.78 Å². The van der Waals surface area contributed by atoms with Crippen LogP contribution in [0.5, 0.6) is 0 Å². The Bertz CT molecular complexity index is 630. The number of rotatable bonds is 1. The number of aromatic nitrogens is 1. The summed E-state index contributed by atoms with van der Waals surface area (Å²) < 4.78 is 27.5. The number of hydrogen-bond acceptors (Lipinski definition) is 2. The van der Waals surface area contributed by atoms with E-state index in [-0.39, 0.29) is 16.4 Å². The highest BCUT2D eigenvalue weighted by Gasteiger charge is 2.25. The fraction of sp³-hybridized carbons (Fsp3) is 0.562. The van der Waals surface area contributed by atoms with Gasteiger partial charge in [0.15, 0.2) is 0 Å². The summed E-state index contributed by atoms with van der Waals surface area (Å²) in [6.07, 6.45) is -2.49. The topological polar surface area (TPSA) is 12.9 Å². The third kappa shape index (κ3) is 2.85. The van der Waals surface area contributed by atoms with Crippen molar-refractivity contribution in [1.82, 2.24) is 4.98 Å². The predicted octanol–water partition coefficient (Wildman–Crippen LogP) is 5.83. The van der Waals surface area contributed by atoms with E-state index in [1.807, 2.05) is 26.8 Å². The van der Waals surface area contributed by atoms with Gasteiger partial charge in [0.05, 0.1) is 15.2 Å². The second-order valence-electron chi connectivity index (χ2n) is 7.23. The maximum absolute atomic E-state index is 13.3. The zero-order valence-electron chi connectivity index (χ0n) is 12.8. The molecule has 0 aliphatic carbocycles. The van der Waals surface area contributed by atoms with Gasteiger partial charge in [0, 0.05) is 11.0 Å². The molecule has 1 heterocycles. The Labute approximate surface area is 123 Å². The van der Waals surface area contributed by atoms with Crippen LogP contribution >= 0.6 is 11.3 Å². The molecule has 1 aromatic heterocycles. The van der Waals surface area contributed by atoms with Crippen LogP contribution in [-0.2, 0) is 10.8 Å². The van der Waals surface area contributed by atoms with Gasteiger partial charge in [-0.15, -0.1) is 11.3 Å². The number of fused-ring (bicyclic) bond motifs is 1. The van der Waals surface area contributed by atoms with E-state index < -0.39 is 6.43 Å². The summed E-state index contributed by atoms with van der Waals surface area (Å²) in [5.74, 6) is 0. The molecule has 0 aliphatic heterocycles. The molecule has 20 heavy (non-hydrogen) atoms. The van der Waals surface area contributed by atoms with Gasteiger partial charge in [-0.2, -0.15) is 0 Å².